The van der Waals surface area contributed by atoms with Crippen LogP contribution in [0.2, 0.25) is 5.02 Å². The number of ether oxygens (including phenoxy) is 1. The Hall–Kier alpha value is -3.31. The van der Waals surface area contributed by atoms with Gasteiger partial charge in [0.15, 0.2) is 0 Å². The summed E-state index contributed by atoms with van der Waals surface area (Å²) < 4.78 is 5.17. The number of carbonyl (C=O) groups is 2. The molecule has 3 aromatic carbocycles. The first-order valence-corrected chi connectivity index (χ1v) is 11.3. The molecule has 5 nitrogen and oxygen atoms in total. The molecule has 0 aliphatic carbocycles. The molecule has 3 rings (SSSR count). The molecule has 0 unspecified atom stereocenters. The average molecular weight is 465 g/mol. The Morgan fingerprint density at radius 1 is 0.909 bits per heavy atom. The Labute approximate surface area is 200 Å². The van der Waals surface area contributed by atoms with E-state index in [1.165, 1.54) is 0 Å². The smallest absolute Gasteiger partial charge is 0.242 e. The molecule has 0 saturated heterocycles. The summed E-state index contributed by atoms with van der Waals surface area (Å²) in [6, 6.07) is 24.1. The van der Waals surface area contributed by atoms with E-state index in [1.54, 1.807) is 31.1 Å². The summed E-state index contributed by atoms with van der Waals surface area (Å²) >= 11 is 6.01. The lowest BCUT2D eigenvalue weighted by Gasteiger charge is -2.29. The van der Waals surface area contributed by atoms with Gasteiger partial charge in [0, 0.05) is 24.5 Å². The molecule has 0 spiro atoms. The first-order chi connectivity index (χ1) is 16.0. The van der Waals surface area contributed by atoms with Gasteiger partial charge in [-0.05, 0) is 54.3 Å². The van der Waals surface area contributed by atoms with E-state index < -0.39 is 6.04 Å². The van der Waals surface area contributed by atoms with E-state index in [-0.39, 0.29) is 11.8 Å². The van der Waals surface area contributed by atoms with Crippen molar-refractivity contribution in [3.8, 4) is 5.75 Å². The van der Waals surface area contributed by atoms with Gasteiger partial charge in [-0.25, -0.2) is 0 Å². The highest BCUT2D eigenvalue weighted by atomic mass is 35.5. The summed E-state index contributed by atoms with van der Waals surface area (Å²) in [5.74, 6) is 0.491. The Morgan fingerprint density at radius 2 is 1.55 bits per heavy atom. The van der Waals surface area contributed by atoms with Crippen LogP contribution in [0.1, 0.15) is 30.0 Å². The summed E-state index contributed by atoms with van der Waals surface area (Å²) in [7, 11) is 1.61. The fraction of sp³-hybridized carbons (Fsp3) is 0.259. The molecule has 2 amide bonds. The van der Waals surface area contributed by atoms with Gasteiger partial charge in [-0.3, -0.25) is 9.59 Å². The zero-order valence-electron chi connectivity index (χ0n) is 19.0. The van der Waals surface area contributed by atoms with Crippen molar-refractivity contribution < 1.29 is 14.3 Å². The summed E-state index contributed by atoms with van der Waals surface area (Å²) in [6.45, 7) is 2.47. The van der Waals surface area contributed by atoms with Gasteiger partial charge >= 0.3 is 0 Å². The largest absolute Gasteiger partial charge is 0.497 e. The second kappa shape index (κ2) is 12.1. The molecule has 0 aliphatic heterocycles. The summed E-state index contributed by atoms with van der Waals surface area (Å²) in [4.78, 5) is 27.8. The molecule has 3 aromatic rings. The number of hydrogen-bond acceptors (Lipinski definition) is 3. The number of benzene rings is 3. The van der Waals surface area contributed by atoms with Gasteiger partial charge < -0.3 is 15.0 Å². The third-order valence-corrected chi connectivity index (χ3v) is 5.78. The van der Waals surface area contributed by atoms with E-state index in [9.17, 15) is 9.59 Å². The van der Waals surface area contributed by atoms with Crippen LogP contribution in [0, 0.1) is 0 Å². The zero-order valence-corrected chi connectivity index (χ0v) is 19.7. The van der Waals surface area contributed by atoms with Gasteiger partial charge in [0.1, 0.15) is 11.8 Å². The lowest BCUT2D eigenvalue weighted by atomic mass is 10.1. The van der Waals surface area contributed by atoms with Gasteiger partial charge in [0.25, 0.3) is 0 Å². The van der Waals surface area contributed by atoms with Crippen molar-refractivity contribution in [1.29, 1.82) is 0 Å². The van der Waals surface area contributed by atoms with E-state index in [0.29, 0.717) is 31.0 Å². The fourth-order valence-corrected chi connectivity index (χ4v) is 3.61. The van der Waals surface area contributed by atoms with Crippen LogP contribution in [0.3, 0.4) is 0 Å². The number of rotatable bonds is 10. The first kappa shape index (κ1) is 24.3. The molecular formula is C27H29ClN2O3. The molecular weight excluding hydrogens is 436 g/mol. The van der Waals surface area contributed by atoms with Crippen LogP contribution in [0.4, 0.5) is 0 Å². The van der Waals surface area contributed by atoms with Gasteiger partial charge in [-0.2, -0.15) is 0 Å². The third kappa shape index (κ3) is 7.36. The average Bonchev–Trinajstić information content (AvgIpc) is 2.86. The summed E-state index contributed by atoms with van der Waals surface area (Å²) in [5, 5.41) is 3.58. The number of methoxy groups -OCH3 is 1. The minimum atomic E-state index is -0.623. The number of nitrogens with one attached hydrogen (secondary N) is 1. The highest BCUT2D eigenvalue weighted by Gasteiger charge is 2.25. The monoisotopic (exact) mass is 464 g/mol. The van der Waals surface area contributed by atoms with Crippen LogP contribution in [0.25, 0.3) is 0 Å². The molecule has 0 radical (unpaired) electrons. The number of nitrogens with zero attached hydrogens (tertiary/aromatic N) is 1. The minimum absolute atomic E-state index is 0.0686. The van der Waals surface area contributed by atoms with Crippen LogP contribution in [-0.4, -0.2) is 29.9 Å². The molecule has 0 aliphatic rings. The van der Waals surface area contributed by atoms with Crippen molar-refractivity contribution in [2.45, 2.75) is 38.9 Å². The Morgan fingerprint density at radius 3 is 2.18 bits per heavy atom. The standard InChI is InChI=1S/C27H29ClN2O3/c1-20(27(32)29-18-22-10-15-25(33-2)16-11-22)30(19-23-8-13-24(28)14-9-23)26(31)17-12-21-6-4-3-5-7-21/h3-11,13-16,20H,12,17-19H2,1-2H3,(H,29,32)/t20-/m0/s1. The molecule has 0 saturated carbocycles. The van der Waals surface area contributed by atoms with E-state index in [4.69, 9.17) is 16.3 Å². The third-order valence-electron chi connectivity index (χ3n) is 5.53. The quantitative estimate of drug-likeness (QED) is 0.458. The number of aryl methyl sites for hydroxylation is 1. The molecule has 0 bridgehead atoms. The lowest BCUT2D eigenvalue weighted by molar-refractivity contribution is -0.140. The summed E-state index contributed by atoms with van der Waals surface area (Å²) in [5.41, 5.74) is 2.96. The topological polar surface area (TPSA) is 58.6 Å². The fourth-order valence-electron chi connectivity index (χ4n) is 3.49. The minimum Gasteiger partial charge on any atom is -0.497 e. The van der Waals surface area contributed by atoms with Crippen molar-refractivity contribution in [2.24, 2.45) is 0 Å². The normalized spacial score (nSPS) is 11.5. The van der Waals surface area contributed by atoms with Crippen molar-refractivity contribution in [2.75, 3.05) is 7.11 Å². The predicted molar refractivity (Wildman–Crippen MR) is 131 cm³/mol. The van der Waals surface area contributed by atoms with Crippen molar-refractivity contribution in [3.05, 3.63) is 101 Å². The highest BCUT2D eigenvalue weighted by Crippen LogP contribution is 2.16. The predicted octanol–water partition coefficient (Wildman–Crippen LogP) is 5.01. The Balaban J connectivity index is 1.67. The molecule has 0 aromatic heterocycles. The van der Waals surface area contributed by atoms with Crippen LogP contribution in [-0.2, 0) is 29.1 Å². The zero-order chi connectivity index (χ0) is 23.6. The molecule has 1 atom stereocenters. The maximum absolute atomic E-state index is 13.2. The molecule has 0 heterocycles. The maximum atomic E-state index is 13.2. The van der Waals surface area contributed by atoms with Gasteiger partial charge in [0.2, 0.25) is 11.8 Å². The van der Waals surface area contributed by atoms with Crippen LogP contribution in [0.5, 0.6) is 5.75 Å². The first-order valence-electron chi connectivity index (χ1n) is 10.9. The van der Waals surface area contributed by atoms with E-state index in [2.05, 4.69) is 5.32 Å². The van der Waals surface area contributed by atoms with E-state index in [1.807, 2.05) is 66.7 Å². The number of carbonyl (C=O) groups excluding carboxylic acids is 2. The van der Waals surface area contributed by atoms with Crippen molar-refractivity contribution >= 4 is 23.4 Å². The molecule has 33 heavy (non-hydrogen) atoms. The second-order valence-corrected chi connectivity index (χ2v) is 8.31. The van der Waals surface area contributed by atoms with Crippen molar-refractivity contribution in [3.63, 3.8) is 0 Å². The van der Waals surface area contributed by atoms with E-state index in [0.717, 1.165) is 22.4 Å². The van der Waals surface area contributed by atoms with Gasteiger partial charge in [-0.1, -0.05) is 66.2 Å². The second-order valence-electron chi connectivity index (χ2n) is 7.88. The molecule has 6 heteroatoms. The SMILES string of the molecule is COc1ccc(CNC(=O)[C@H](C)N(Cc2ccc(Cl)cc2)C(=O)CCc2ccccc2)cc1. The Bertz CT molecular complexity index is 1040. The van der Waals surface area contributed by atoms with Crippen molar-refractivity contribution in [1.82, 2.24) is 10.2 Å². The number of hydrogen-bond donors (Lipinski definition) is 1. The van der Waals surface area contributed by atoms with Gasteiger partial charge in [0.05, 0.1) is 7.11 Å². The van der Waals surface area contributed by atoms with Gasteiger partial charge in [-0.15, -0.1) is 0 Å². The van der Waals surface area contributed by atoms with Crippen LogP contribution >= 0.6 is 11.6 Å². The Kier molecular flexibility index (Phi) is 8.90. The molecule has 0 fully saturated rings. The molecule has 1 N–H and O–H groups in total. The maximum Gasteiger partial charge on any atom is 0.242 e. The lowest BCUT2D eigenvalue weighted by Crippen LogP contribution is -2.47. The van der Waals surface area contributed by atoms with E-state index >= 15 is 0 Å². The van der Waals surface area contributed by atoms with Crippen LogP contribution < -0.4 is 10.1 Å². The number of halogens is 1. The highest BCUT2D eigenvalue weighted by molar-refractivity contribution is 6.30. The number of amides is 2. The van der Waals surface area contributed by atoms with Crippen LogP contribution in [0.15, 0.2) is 78.9 Å². The summed E-state index contributed by atoms with van der Waals surface area (Å²) in [6.07, 6.45) is 0.949. The molecule has 172 valence electrons.